The number of hydrogen-bond donors (Lipinski definition) is 2. The van der Waals surface area contributed by atoms with Crippen LogP contribution in [-0.4, -0.2) is 35.2 Å². The van der Waals surface area contributed by atoms with Gasteiger partial charge in [-0.25, -0.2) is 4.79 Å². The number of carbonyl (C=O) groups is 2. The molecule has 1 unspecified atom stereocenters. The number of amides is 1. The molecule has 0 aliphatic rings. The van der Waals surface area contributed by atoms with Crippen LogP contribution >= 0.6 is 23.2 Å². The van der Waals surface area contributed by atoms with Gasteiger partial charge in [-0.2, -0.15) is 0 Å². The number of rotatable bonds is 7. The van der Waals surface area contributed by atoms with Gasteiger partial charge in [-0.05, 0) is 40.8 Å². The lowest BCUT2D eigenvalue weighted by Gasteiger charge is -2.32. The standard InChI is InChI=1S/C23H25Cl2NO4/c1-23(2,3)14-26(21(28)10-11-22(29)30)20-9-8-15(24)12-17(20)18(13-27)16-6-4-5-7-19(16)25/h4-12,18,27H,13-14H2,1-3H3,(H,29,30)/b11-10+. The third-order valence-electron chi connectivity index (χ3n) is 4.39. The number of aliphatic hydroxyl groups excluding tert-OH is 1. The number of anilines is 1. The maximum absolute atomic E-state index is 12.9. The molecule has 2 rings (SSSR count). The molecule has 0 saturated heterocycles. The van der Waals surface area contributed by atoms with Crippen molar-refractivity contribution in [3.05, 3.63) is 75.8 Å². The first kappa shape index (κ1) is 23.9. The van der Waals surface area contributed by atoms with Gasteiger partial charge in [0.2, 0.25) is 0 Å². The zero-order chi connectivity index (χ0) is 22.5. The molecule has 0 aliphatic carbocycles. The fraction of sp³-hybridized carbons (Fsp3) is 0.304. The van der Waals surface area contributed by atoms with E-state index >= 15 is 0 Å². The summed E-state index contributed by atoms with van der Waals surface area (Å²) < 4.78 is 0. The van der Waals surface area contributed by atoms with Crippen LogP contribution < -0.4 is 4.90 Å². The lowest BCUT2D eigenvalue weighted by molar-refractivity contribution is -0.131. The summed E-state index contributed by atoms with van der Waals surface area (Å²) in [5.41, 5.74) is 1.59. The van der Waals surface area contributed by atoms with Gasteiger partial charge in [0.1, 0.15) is 0 Å². The van der Waals surface area contributed by atoms with E-state index in [9.17, 15) is 14.7 Å². The quantitative estimate of drug-likeness (QED) is 0.573. The summed E-state index contributed by atoms with van der Waals surface area (Å²) in [6, 6.07) is 12.2. The van der Waals surface area contributed by atoms with Crippen LogP contribution in [0.1, 0.15) is 37.8 Å². The normalized spacial score (nSPS) is 12.7. The van der Waals surface area contributed by atoms with Crippen molar-refractivity contribution in [3.8, 4) is 0 Å². The first-order valence-corrected chi connectivity index (χ1v) is 10.2. The Morgan fingerprint density at radius 1 is 1.07 bits per heavy atom. The number of carboxylic acid groups (broad SMARTS) is 1. The molecule has 7 heteroatoms. The first-order valence-electron chi connectivity index (χ1n) is 9.40. The van der Waals surface area contributed by atoms with Crippen molar-refractivity contribution >= 4 is 40.8 Å². The second-order valence-electron chi connectivity index (χ2n) is 8.12. The molecule has 1 atom stereocenters. The molecule has 160 valence electrons. The smallest absolute Gasteiger partial charge is 0.328 e. The van der Waals surface area contributed by atoms with E-state index in [1.165, 1.54) is 4.90 Å². The molecule has 0 fully saturated rings. The van der Waals surface area contributed by atoms with E-state index in [1.807, 2.05) is 32.9 Å². The summed E-state index contributed by atoms with van der Waals surface area (Å²) in [5.74, 6) is -2.21. The van der Waals surface area contributed by atoms with Crippen LogP contribution in [-0.2, 0) is 9.59 Å². The molecule has 5 nitrogen and oxygen atoms in total. The van der Waals surface area contributed by atoms with E-state index in [2.05, 4.69) is 0 Å². The van der Waals surface area contributed by atoms with Crippen molar-refractivity contribution in [2.24, 2.45) is 5.41 Å². The Bertz CT molecular complexity index is 950. The molecule has 0 saturated carbocycles. The number of carbonyl (C=O) groups excluding carboxylic acids is 1. The van der Waals surface area contributed by atoms with Crippen molar-refractivity contribution in [3.63, 3.8) is 0 Å². The topological polar surface area (TPSA) is 77.8 Å². The molecule has 0 aromatic heterocycles. The lowest BCUT2D eigenvalue weighted by atomic mass is 9.89. The maximum Gasteiger partial charge on any atom is 0.328 e. The predicted octanol–water partition coefficient (Wildman–Crippen LogP) is 5.14. The monoisotopic (exact) mass is 449 g/mol. The van der Waals surface area contributed by atoms with Gasteiger partial charge >= 0.3 is 5.97 Å². The molecule has 0 heterocycles. The molecule has 2 N–H and O–H groups in total. The minimum atomic E-state index is -1.21. The van der Waals surface area contributed by atoms with Crippen LogP contribution in [0.3, 0.4) is 0 Å². The lowest BCUT2D eigenvalue weighted by Crippen LogP contribution is -2.38. The Labute approximate surface area is 186 Å². The number of carboxylic acids is 1. The molecule has 0 spiro atoms. The number of nitrogens with zero attached hydrogens (tertiary/aromatic N) is 1. The zero-order valence-electron chi connectivity index (χ0n) is 17.1. The molecule has 30 heavy (non-hydrogen) atoms. The number of aliphatic carboxylic acids is 1. The third-order valence-corrected chi connectivity index (χ3v) is 4.97. The molecule has 0 radical (unpaired) electrons. The Morgan fingerprint density at radius 2 is 1.73 bits per heavy atom. The molecular weight excluding hydrogens is 425 g/mol. The van der Waals surface area contributed by atoms with Crippen LogP contribution in [0.25, 0.3) is 0 Å². The highest BCUT2D eigenvalue weighted by atomic mass is 35.5. The number of hydrogen-bond acceptors (Lipinski definition) is 3. The van der Waals surface area contributed by atoms with E-state index in [4.69, 9.17) is 28.3 Å². The van der Waals surface area contributed by atoms with Crippen LogP contribution in [0.15, 0.2) is 54.6 Å². The number of halogens is 2. The fourth-order valence-corrected chi connectivity index (χ4v) is 3.61. The minimum Gasteiger partial charge on any atom is -0.478 e. The molecule has 2 aromatic carbocycles. The molecule has 0 aliphatic heterocycles. The average Bonchev–Trinajstić information content (AvgIpc) is 2.66. The number of benzene rings is 2. The molecule has 1 amide bonds. The van der Waals surface area contributed by atoms with Crippen molar-refractivity contribution in [1.29, 1.82) is 0 Å². The fourth-order valence-electron chi connectivity index (χ4n) is 3.16. The summed E-state index contributed by atoms with van der Waals surface area (Å²) in [6.07, 6.45) is 1.83. The summed E-state index contributed by atoms with van der Waals surface area (Å²) in [5, 5.41) is 20.1. The Hall–Kier alpha value is -2.34. The third kappa shape index (κ3) is 6.33. The summed E-state index contributed by atoms with van der Waals surface area (Å²) in [6.45, 7) is 5.99. The van der Waals surface area contributed by atoms with E-state index < -0.39 is 17.8 Å². The highest BCUT2D eigenvalue weighted by molar-refractivity contribution is 6.31. The van der Waals surface area contributed by atoms with Gasteiger partial charge in [-0.15, -0.1) is 0 Å². The summed E-state index contributed by atoms with van der Waals surface area (Å²) in [7, 11) is 0. The van der Waals surface area contributed by atoms with Crippen molar-refractivity contribution in [1.82, 2.24) is 0 Å². The van der Waals surface area contributed by atoms with Gasteiger partial charge in [0.05, 0.1) is 6.61 Å². The van der Waals surface area contributed by atoms with Gasteiger partial charge in [0, 0.05) is 40.3 Å². The Balaban J connectivity index is 2.66. The minimum absolute atomic E-state index is 0.250. The molecule has 0 bridgehead atoms. The van der Waals surface area contributed by atoms with Crippen LogP contribution in [0.2, 0.25) is 10.0 Å². The van der Waals surface area contributed by atoms with Crippen molar-refractivity contribution < 1.29 is 19.8 Å². The van der Waals surface area contributed by atoms with Crippen LogP contribution in [0.4, 0.5) is 5.69 Å². The second-order valence-corrected chi connectivity index (χ2v) is 8.96. The van der Waals surface area contributed by atoms with Gasteiger partial charge in [-0.1, -0.05) is 62.2 Å². The highest BCUT2D eigenvalue weighted by Crippen LogP contribution is 2.38. The first-order chi connectivity index (χ1) is 14.0. The highest BCUT2D eigenvalue weighted by Gasteiger charge is 2.27. The summed E-state index contributed by atoms with van der Waals surface area (Å²) >= 11 is 12.6. The van der Waals surface area contributed by atoms with Crippen molar-refractivity contribution in [2.45, 2.75) is 26.7 Å². The Morgan fingerprint density at radius 3 is 2.30 bits per heavy atom. The van der Waals surface area contributed by atoms with Crippen LogP contribution in [0, 0.1) is 5.41 Å². The van der Waals surface area contributed by atoms with Gasteiger partial charge in [-0.3, -0.25) is 4.79 Å². The predicted molar refractivity (Wildman–Crippen MR) is 120 cm³/mol. The van der Waals surface area contributed by atoms with E-state index in [-0.39, 0.29) is 12.0 Å². The average molecular weight is 450 g/mol. The van der Waals surface area contributed by atoms with Gasteiger partial charge < -0.3 is 15.1 Å². The largest absolute Gasteiger partial charge is 0.478 e. The van der Waals surface area contributed by atoms with E-state index in [1.54, 1.807) is 30.3 Å². The van der Waals surface area contributed by atoms with Crippen molar-refractivity contribution in [2.75, 3.05) is 18.1 Å². The maximum atomic E-state index is 12.9. The van der Waals surface area contributed by atoms with Gasteiger partial charge in [0.25, 0.3) is 5.91 Å². The second kappa shape index (κ2) is 10.1. The SMILES string of the molecule is CC(C)(C)CN(C(=O)/C=C/C(=O)O)c1ccc(Cl)cc1C(CO)c1ccccc1Cl. The molecule has 2 aromatic rings. The van der Waals surface area contributed by atoms with E-state index in [0.717, 1.165) is 12.2 Å². The number of aliphatic hydroxyl groups is 1. The summed E-state index contributed by atoms with van der Waals surface area (Å²) in [4.78, 5) is 25.4. The van der Waals surface area contributed by atoms with Gasteiger partial charge in [0.15, 0.2) is 0 Å². The zero-order valence-corrected chi connectivity index (χ0v) is 18.6. The molecular formula is C23H25Cl2NO4. The van der Waals surface area contributed by atoms with E-state index in [0.29, 0.717) is 33.4 Å². The van der Waals surface area contributed by atoms with Crippen LogP contribution in [0.5, 0.6) is 0 Å². The Kier molecular flexibility index (Phi) is 8.07.